The van der Waals surface area contributed by atoms with Crippen molar-refractivity contribution in [3.05, 3.63) is 34.9 Å². The number of Topliss-reactive ketones (excluding diaryl/α,β-unsaturated/α-hetero) is 1. The summed E-state index contributed by atoms with van der Waals surface area (Å²) < 4.78 is 0. The van der Waals surface area contributed by atoms with Crippen molar-refractivity contribution in [2.45, 2.75) is 46.1 Å². The van der Waals surface area contributed by atoms with Gasteiger partial charge in [-0.25, -0.2) is 0 Å². The van der Waals surface area contributed by atoms with Gasteiger partial charge in [0.25, 0.3) is 0 Å². The Labute approximate surface area is 97.3 Å². The smallest absolute Gasteiger partial charge is 0.165 e. The van der Waals surface area contributed by atoms with Crippen molar-refractivity contribution in [1.29, 1.82) is 0 Å². The predicted molar refractivity (Wildman–Crippen MR) is 65.5 cm³/mol. The van der Waals surface area contributed by atoms with E-state index < -0.39 is 6.10 Å². The molecule has 0 fully saturated rings. The van der Waals surface area contributed by atoms with Gasteiger partial charge in [0, 0.05) is 6.42 Å². The molecule has 0 amide bonds. The van der Waals surface area contributed by atoms with Gasteiger partial charge < -0.3 is 5.11 Å². The van der Waals surface area contributed by atoms with Crippen molar-refractivity contribution in [1.82, 2.24) is 0 Å². The number of hydrogen-bond donors (Lipinski definition) is 1. The molecular weight excluding hydrogens is 200 g/mol. The van der Waals surface area contributed by atoms with E-state index in [2.05, 4.69) is 6.07 Å². The topological polar surface area (TPSA) is 37.3 Å². The number of aliphatic hydroxyl groups excluding tert-OH is 1. The van der Waals surface area contributed by atoms with E-state index in [1.807, 2.05) is 32.9 Å². The zero-order valence-electron chi connectivity index (χ0n) is 10.3. The first-order chi connectivity index (χ1) is 7.52. The largest absolute Gasteiger partial charge is 0.385 e. The number of aliphatic hydroxyl groups is 1. The van der Waals surface area contributed by atoms with Crippen LogP contribution in [0.3, 0.4) is 0 Å². The molecule has 0 radical (unpaired) electrons. The van der Waals surface area contributed by atoms with E-state index in [4.69, 9.17) is 0 Å². The maximum absolute atomic E-state index is 11.7. The van der Waals surface area contributed by atoms with Gasteiger partial charge in [0.2, 0.25) is 0 Å². The van der Waals surface area contributed by atoms with Crippen molar-refractivity contribution >= 4 is 5.78 Å². The molecule has 0 aliphatic carbocycles. The van der Waals surface area contributed by atoms with Gasteiger partial charge in [-0.2, -0.15) is 0 Å². The Morgan fingerprint density at radius 1 is 1.25 bits per heavy atom. The zero-order chi connectivity index (χ0) is 12.1. The summed E-state index contributed by atoms with van der Waals surface area (Å²) in [5.74, 6) is -0.0770. The Morgan fingerprint density at radius 3 is 2.31 bits per heavy atom. The van der Waals surface area contributed by atoms with Crippen LogP contribution in [0.5, 0.6) is 0 Å². The fourth-order valence-corrected chi connectivity index (χ4v) is 1.92. The van der Waals surface area contributed by atoms with Crippen molar-refractivity contribution < 1.29 is 9.90 Å². The van der Waals surface area contributed by atoms with Crippen LogP contribution in [-0.4, -0.2) is 17.0 Å². The molecule has 1 unspecified atom stereocenters. The molecule has 1 rings (SSSR count). The summed E-state index contributed by atoms with van der Waals surface area (Å²) in [7, 11) is 0. The van der Waals surface area contributed by atoms with E-state index in [9.17, 15) is 9.90 Å². The van der Waals surface area contributed by atoms with Gasteiger partial charge in [0.15, 0.2) is 5.78 Å². The highest BCUT2D eigenvalue weighted by atomic mass is 16.3. The average molecular weight is 220 g/mol. The van der Waals surface area contributed by atoms with Crippen LogP contribution in [-0.2, 0) is 11.2 Å². The van der Waals surface area contributed by atoms with E-state index in [-0.39, 0.29) is 5.78 Å². The lowest BCUT2D eigenvalue weighted by Gasteiger charge is -2.09. The number of rotatable bonds is 5. The standard InChI is InChI=1S/C14H20O2/c1-4-5-13(15)14(16)9-12-7-10(2)6-11(3)8-12/h6-8,13,15H,4-5,9H2,1-3H3. The zero-order valence-corrected chi connectivity index (χ0v) is 10.3. The molecular formula is C14H20O2. The van der Waals surface area contributed by atoms with E-state index in [1.165, 1.54) is 0 Å². The molecule has 0 aliphatic rings. The van der Waals surface area contributed by atoms with Gasteiger partial charge in [-0.3, -0.25) is 4.79 Å². The van der Waals surface area contributed by atoms with Crippen molar-refractivity contribution in [2.75, 3.05) is 0 Å². The molecule has 2 nitrogen and oxygen atoms in total. The molecule has 0 aliphatic heterocycles. The highest BCUT2D eigenvalue weighted by Crippen LogP contribution is 2.11. The third-order valence-corrected chi connectivity index (χ3v) is 2.59. The number of aryl methyl sites for hydroxylation is 2. The van der Waals surface area contributed by atoms with Gasteiger partial charge in [0.05, 0.1) is 0 Å². The van der Waals surface area contributed by atoms with E-state index in [0.29, 0.717) is 12.8 Å². The van der Waals surface area contributed by atoms with E-state index in [0.717, 1.165) is 23.1 Å². The van der Waals surface area contributed by atoms with Crippen molar-refractivity contribution in [3.8, 4) is 0 Å². The second-order valence-electron chi connectivity index (χ2n) is 4.44. The first kappa shape index (κ1) is 12.9. The highest BCUT2D eigenvalue weighted by Gasteiger charge is 2.14. The first-order valence-electron chi connectivity index (χ1n) is 5.81. The molecule has 0 aromatic heterocycles. The number of carbonyl (C=O) groups excluding carboxylic acids is 1. The van der Waals surface area contributed by atoms with Gasteiger partial charge in [-0.15, -0.1) is 0 Å². The van der Waals surface area contributed by atoms with Crippen LogP contribution in [0.15, 0.2) is 18.2 Å². The van der Waals surface area contributed by atoms with Gasteiger partial charge in [-0.05, 0) is 25.8 Å². The van der Waals surface area contributed by atoms with Crippen LogP contribution in [0.2, 0.25) is 0 Å². The molecule has 0 saturated carbocycles. The van der Waals surface area contributed by atoms with Crippen LogP contribution in [0.1, 0.15) is 36.5 Å². The van der Waals surface area contributed by atoms with Crippen molar-refractivity contribution in [2.24, 2.45) is 0 Å². The minimum absolute atomic E-state index is 0.0770. The Morgan fingerprint density at radius 2 is 1.81 bits per heavy atom. The number of benzene rings is 1. The average Bonchev–Trinajstić information content (AvgIpc) is 2.16. The van der Waals surface area contributed by atoms with Crippen LogP contribution >= 0.6 is 0 Å². The lowest BCUT2D eigenvalue weighted by molar-refractivity contribution is -0.126. The summed E-state index contributed by atoms with van der Waals surface area (Å²) in [5.41, 5.74) is 3.32. The molecule has 1 aromatic rings. The maximum atomic E-state index is 11.7. The third kappa shape index (κ3) is 3.78. The fourth-order valence-electron chi connectivity index (χ4n) is 1.92. The third-order valence-electron chi connectivity index (χ3n) is 2.59. The number of hydrogen-bond acceptors (Lipinski definition) is 2. The molecule has 0 spiro atoms. The Kier molecular flexibility index (Phi) is 4.69. The quantitative estimate of drug-likeness (QED) is 0.828. The summed E-state index contributed by atoms with van der Waals surface area (Å²) in [6.07, 6.45) is 0.929. The SMILES string of the molecule is CCCC(O)C(=O)Cc1cc(C)cc(C)c1. The summed E-state index contributed by atoms with van der Waals surface area (Å²) in [5, 5.41) is 9.57. The van der Waals surface area contributed by atoms with Crippen LogP contribution in [0.4, 0.5) is 0 Å². The minimum atomic E-state index is -0.800. The summed E-state index contributed by atoms with van der Waals surface area (Å²) in [6, 6.07) is 6.09. The second-order valence-corrected chi connectivity index (χ2v) is 4.44. The normalized spacial score (nSPS) is 12.5. The van der Waals surface area contributed by atoms with Gasteiger partial charge in [-0.1, -0.05) is 42.7 Å². The summed E-state index contributed by atoms with van der Waals surface area (Å²) in [6.45, 7) is 6.00. The van der Waals surface area contributed by atoms with Gasteiger partial charge >= 0.3 is 0 Å². The molecule has 2 heteroatoms. The summed E-state index contributed by atoms with van der Waals surface area (Å²) >= 11 is 0. The Balaban J connectivity index is 2.69. The molecule has 16 heavy (non-hydrogen) atoms. The van der Waals surface area contributed by atoms with E-state index >= 15 is 0 Å². The molecule has 1 N–H and O–H groups in total. The monoisotopic (exact) mass is 220 g/mol. The Hall–Kier alpha value is -1.15. The van der Waals surface area contributed by atoms with Crippen LogP contribution in [0.25, 0.3) is 0 Å². The first-order valence-corrected chi connectivity index (χ1v) is 5.81. The van der Waals surface area contributed by atoms with Crippen molar-refractivity contribution in [3.63, 3.8) is 0 Å². The Bertz CT molecular complexity index is 349. The van der Waals surface area contributed by atoms with E-state index in [1.54, 1.807) is 0 Å². The van der Waals surface area contributed by atoms with Crippen LogP contribution in [0, 0.1) is 13.8 Å². The number of carbonyl (C=O) groups is 1. The predicted octanol–water partition coefficient (Wildman–Crippen LogP) is 2.58. The maximum Gasteiger partial charge on any atom is 0.165 e. The molecule has 0 heterocycles. The molecule has 1 atom stereocenters. The molecule has 0 saturated heterocycles. The number of ketones is 1. The van der Waals surface area contributed by atoms with Crippen LogP contribution < -0.4 is 0 Å². The lowest BCUT2D eigenvalue weighted by atomic mass is 9.99. The molecule has 88 valence electrons. The fraction of sp³-hybridized carbons (Fsp3) is 0.500. The molecule has 1 aromatic carbocycles. The lowest BCUT2D eigenvalue weighted by Crippen LogP contribution is -2.21. The minimum Gasteiger partial charge on any atom is -0.385 e. The highest BCUT2D eigenvalue weighted by molar-refractivity contribution is 5.85. The second kappa shape index (κ2) is 5.80. The van der Waals surface area contributed by atoms with Gasteiger partial charge in [0.1, 0.15) is 6.10 Å². The summed E-state index contributed by atoms with van der Waals surface area (Å²) in [4.78, 5) is 11.7. The molecule has 0 bridgehead atoms.